The molecule has 0 unspecified atom stereocenters. The number of carbonyl (C=O) groups excluding carboxylic acids is 1. The fraction of sp³-hybridized carbons (Fsp3) is 0.467. The monoisotopic (exact) mass is 243 g/mol. The Morgan fingerprint density at radius 2 is 1.89 bits per heavy atom. The van der Waals surface area contributed by atoms with Gasteiger partial charge >= 0.3 is 0 Å². The first-order valence-corrected chi connectivity index (χ1v) is 6.36. The molecule has 3 nitrogen and oxygen atoms in total. The van der Waals surface area contributed by atoms with Crippen LogP contribution in [0.5, 0.6) is 5.75 Å². The van der Waals surface area contributed by atoms with E-state index in [0.717, 1.165) is 11.3 Å². The van der Waals surface area contributed by atoms with Crippen LogP contribution in [0.1, 0.15) is 38.2 Å². The van der Waals surface area contributed by atoms with Gasteiger partial charge in [-0.15, -0.1) is 0 Å². The normalized spacial score (nSPS) is 18.1. The Kier molecular flexibility index (Phi) is 3.66. The number of ether oxygens (including phenoxy) is 1. The van der Waals surface area contributed by atoms with E-state index in [-0.39, 0.29) is 5.78 Å². The number of rotatable bonds is 3. The van der Waals surface area contributed by atoms with Gasteiger partial charge in [-0.1, -0.05) is 12.1 Å². The third kappa shape index (κ3) is 2.38. The van der Waals surface area contributed by atoms with Gasteiger partial charge in [0.25, 0.3) is 0 Å². The van der Waals surface area contributed by atoms with Gasteiger partial charge in [0, 0.05) is 12.8 Å². The Bertz CT molecular complexity index is 460. The number of nitriles is 1. The predicted molar refractivity (Wildman–Crippen MR) is 68.4 cm³/mol. The minimum atomic E-state index is -0.487. The third-order valence-corrected chi connectivity index (χ3v) is 3.59. The van der Waals surface area contributed by atoms with Crippen molar-refractivity contribution < 1.29 is 9.53 Å². The quantitative estimate of drug-likeness (QED) is 0.820. The zero-order valence-corrected chi connectivity index (χ0v) is 10.6. The second-order valence-electron chi connectivity index (χ2n) is 4.69. The van der Waals surface area contributed by atoms with Gasteiger partial charge in [-0.2, -0.15) is 5.26 Å². The van der Waals surface area contributed by atoms with Crippen LogP contribution in [0.25, 0.3) is 0 Å². The molecule has 1 aromatic rings. The molecule has 1 aliphatic rings. The minimum Gasteiger partial charge on any atom is -0.494 e. The maximum Gasteiger partial charge on any atom is 0.133 e. The molecule has 0 aliphatic heterocycles. The molecule has 94 valence electrons. The van der Waals surface area contributed by atoms with E-state index in [0.29, 0.717) is 32.3 Å². The summed E-state index contributed by atoms with van der Waals surface area (Å²) in [6, 6.07) is 10.1. The number of carbonyl (C=O) groups is 1. The van der Waals surface area contributed by atoms with Crippen LogP contribution in [0.4, 0.5) is 0 Å². The molecule has 0 atom stereocenters. The average Bonchev–Trinajstić information content (AvgIpc) is 2.42. The van der Waals surface area contributed by atoms with E-state index in [1.807, 2.05) is 31.2 Å². The molecular formula is C15H17NO2. The van der Waals surface area contributed by atoms with Crippen LogP contribution in [0.3, 0.4) is 0 Å². The number of hydrogen-bond acceptors (Lipinski definition) is 3. The Morgan fingerprint density at radius 3 is 2.39 bits per heavy atom. The van der Waals surface area contributed by atoms with Gasteiger partial charge in [-0.3, -0.25) is 4.79 Å². The highest BCUT2D eigenvalue weighted by Crippen LogP contribution is 2.38. The highest BCUT2D eigenvalue weighted by Gasteiger charge is 2.36. The first-order chi connectivity index (χ1) is 8.70. The first-order valence-electron chi connectivity index (χ1n) is 6.36. The fourth-order valence-corrected chi connectivity index (χ4v) is 2.46. The maximum absolute atomic E-state index is 11.3. The summed E-state index contributed by atoms with van der Waals surface area (Å²) in [5.74, 6) is 1.09. The SMILES string of the molecule is CCOc1ccc(C2(C#N)CCC(=O)CC2)cc1. The van der Waals surface area contributed by atoms with Gasteiger partial charge in [0.2, 0.25) is 0 Å². The molecule has 0 amide bonds. The summed E-state index contributed by atoms with van der Waals surface area (Å²) in [5, 5.41) is 9.46. The van der Waals surface area contributed by atoms with Crippen LogP contribution in [0.15, 0.2) is 24.3 Å². The van der Waals surface area contributed by atoms with Crippen LogP contribution in [-0.4, -0.2) is 12.4 Å². The number of nitrogens with zero attached hydrogens (tertiary/aromatic N) is 1. The average molecular weight is 243 g/mol. The highest BCUT2D eigenvalue weighted by atomic mass is 16.5. The molecule has 2 rings (SSSR count). The van der Waals surface area contributed by atoms with Gasteiger partial charge in [0.05, 0.1) is 18.1 Å². The van der Waals surface area contributed by atoms with Gasteiger partial charge in [-0.05, 0) is 37.5 Å². The summed E-state index contributed by atoms with van der Waals surface area (Å²) in [6.45, 7) is 2.58. The molecule has 1 saturated carbocycles. The molecule has 0 saturated heterocycles. The zero-order chi connectivity index (χ0) is 13.0. The minimum absolute atomic E-state index is 0.270. The standard InChI is InChI=1S/C15H17NO2/c1-2-18-14-5-3-12(4-6-14)15(11-16)9-7-13(17)8-10-15/h3-6H,2,7-10H2,1H3. The van der Waals surface area contributed by atoms with Crippen LogP contribution < -0.4 is 4.74 Å². The molecule has 18 heavy (non-hydrogen) atoms. The summed E-state index contributed by atoms with van der Waals surface area (Å²) in [6.07, 6.45) is 2.30. The van der Waals surface area contributed by atoms with Crippen LogP contribution in [0, 0.1) is 11.3 Å². The van der Waals surface area contributed by atoms with E-state index in [1.54, 1.807) is 0 Å². The number of hydrogen-bond donors (Lipinski definition) is 0. The van der Waals surface area contributed by atoms with Crippen LogP contribution in [0.2, 0.25) is 0 Å². The molecule has 0 spiro atoms. The van der Waals surface area contributed by atoms with Crippen molar-refractivity contribution >= 4 is 5.78 Å². The van der Waals surface area contributed by atoms with Crippen LogP contribution >= 0.6 is 0 Å². The summed E-state index contributed by atoms with van der Waals surface area (Å²) in [5.41, 5.74) is 0.513. The van der Waals surface area contributed by atoms with Crippen molar-refractivity contribution in [2.45, 2.75) is 38.0 Å². The molecule has 0 heterocycles. The molecule has 1 fully saturated rings. The van der Waals surface area contributed by atoms with Gasteiger partial charge in [0.1, 0.15) is 11.5 Å². The van der Waals surface area contributed by atoms with E-state index in [2.05, 4.69) is 6.07 Å². The van der Waals surface area contributed by atoms with Crippen molar-refractivity contribution in [2.75, 3.05) is 6.61 Å². The van der Waals surface area contributed by atoms with E-state index in [4.69, 9.17) is 4.74 Å². The zero-order valence-electron chi connectivity index (χ0n) is 10.6. The van der Waals surface area contributed by atoms with Gasteiger partial charge < -0.3 is 4.74 Å². The maximum atomic E-state index is 11.3. The predicted octanol–water partition coefficient (Wildman–Crippen LogP) is 2.99. The molecule has 0 N–H and O–H groups in total. The van der Waals surface area contributed by atoms with E-state index >= 15 is 0 Å². The Morgan fingerprint density at radius 1 is 1.28 bits per heavy atom. The van der Waals surface area contributed by atoms with Crippen molar-refractivity contribution in [3.05, 3.63) is 29.8 Å². The van der Waals surface area contributed by atoms with Crippen molar-refractivity contribution in [3.63, 3.8) is 0 Å². The number of benzene rings is 1. The second kappa shape index (κ2) is 5.22. The van der Waals surface area contributed by atoms with E-state index < -0.39 is 5.41 Å². The van der Waals surface area contributed by atoms with Crippen molar-refractivity contribution in [3.8, 4) is 11.8 Å². The molecule has 0 radical (unpaired) electrons. The van der Waals surface area contributed by atoms with Crippen LogP contribution in [-0.2, 0) is 10.2 Å². The van der Waals surface area contributed by atoms with Crippen molar-refractivity contribution in [2.24, 2.45) is 0 Å². The first kappa shape index (κ1) is 12.6. The smallest absolute Gasteiger partial charge is 0.133 e. The van der Waals surface area contributed by atoms with Crippen molar-refractivity contribution in [1.82, 2.24) is 0 Å². The largest absolute Gasteiger partial charge is 0.494 e. The molecule has 1 aromatic carbocycles. The lowest BCUT2D eigenvalue weighted by molar-refractivity contribution is -0.120. The van der Waals surface area contributed by atoms with Crippen molar-refractivity contribution in [1.29, 1.82) is 5.26 Å². The number of ketones is 1. The van der Waals surface area contributed by atoms with Gasteiger partial charge in [-0.25, -0.2) is 0 Å². The molecule has 0 bridgehead atoms. The molecule has 3 heteroatoms. The fourth-order valence-electron chi connectivity index (χ4n) is 2.46. The van der Waals surface area contributed by atoms with E-state index in [9.17, 15) is 10.1 Å². The molecule has 1 aliphatic carbocycles. The lowest BCUT2D eigenvalue weighted by Crippen LogP contribution is -2.30. The second-order valence-corrected chi connectivity index (χ2v) is 4.69. The number of Topliss-reactive ketones (excluding diaryl/α,β-unsaturated/α-hetero) is 1. The lowest BCUT2D eigenvalue weighted by atomic mass is 9.70. The Balaban J connectivity index is 2.23. The van der Waals surface area contributed by atoms with Gasteiger partial charge in [0.15, 0.2) is 0 Å². The lowest BCUT2D eigenvalue weighted by Gasteiger charge is -2.30. The third-order valence-electron chi connectivity index (χ3n) is 3.59. The summed E-state index contributed by atoms with van der Waals surface area (Å²) < 4.78 is 5.39. The summed E-state index contributed by atoms with van der Waals surface area (Å²) >= 11 is 0. The molecular weight excluding hydrogens is 226 g/mol. The topological polar surface area (TPSA) is 50.1 Å². The highest BCUT2D eigenvalue weighted by molar-refractivity contribution is 5.80. The Labute approximate surface area is 107 Å². The molecule has 0 aromatic heterocycles. The summed E-state index contributed by atoms with van der Waals surface area (Å²) in [4.78, 5) is 11.3. The Hall–Kier alpha value is -1.82. The summed E-state index contributed by atoms with van der Waals surface area (Å²) in [7, 11) is 0. The van der Waals surface area contributed by atoms with E-state index in [1.165, 1.54) is 0 Å².